The van der Waals surface area contributed by atoms with Gasteiger partial charge in [0.25, 0.3) is 0 Å². The lowest BCUT2D eigenvalue weighted by molar-refractivity contribution is -0.142. The standard InChI is InChI=1S/C13H25N3O2.ClH/c1-2-6-12(17)16-10-4-3-7-11(16)13(18)15-9-5-8-14;/h11H,2-10,14H2,1H3,(H,15,18);1H. The first kappa shape index (κ1) is 18.2. The predicted octanol–water partition coefficient (Wildman–Crippen LogP) is 1.05. The van der Waals surface area contributed by atoms with Crippen molar-refractivity contribution < 1.29 is 9.59 Å². The Balaban J connectivity index is 0.00000324. The molecule has 1 rings (SSSR count). The Morgan fingerprint density at radius 3 is 2.74 bits per heavy atom. The molecule has 19 heavy (non-hydrogen) atoms. The van der Waals surface area contributed by atoms with Gasteiger partial charge in [-0.3, -0.25) is 9.59 Å². The number of rotatable bonds is 6. The van der Waals surface area contributed by atoms with E-state index >= 15 is 0 Å². The summed E-state index contributed by atoms with van der Waals surface area (Å²) in [5, 5.41) is 2.87. The largest absolute Gasteiger partial charge is 0.354 e. The van der Waals surface area contributed by atoms with Gasteiger partial charge < -0.3 is 16.0 Å². The number of hydrogen-bond donors (Lipinski definition) is 2. The molecule has 1 heterocycles. The molecule has 5 nitrogen and oxygen atoms in total. The summed E-state index contributed by atoms with van der Waals surface area (Å²) in [6.07, 6.45) is 4.95. The van der Waals surface area contributed by atoms with E-state index in [-0.39, 0.29) is 30.3 Å². The van der Waals surface area contributed by atoms with Gasteiger partial charge in [0.05, 0.1) is 0 Å². The van der Waals surface area contributed by atoms with Crippen LogP contribution in [0.1, 0.15) is 45.4 Å². The molecule has 1 fully saturated rings. The van der Waals surface area contributed by atoms with Crippen LogP contribution in [0.4, 0.5) is 0 Å². The molecule has 0 aromatic carbocycles. The predicted molar refractivity (Wildman–Crippen MR) is 78.2 cm³/mol. The highest BCUT2D eigenvalue weighted by Gasteiger charge is 2.31. The second kappa shape index (κ2) is 10.0. The summed E-state index contributed by atoms with van der Waals surface area (Å²) in [4.78, 5) is 25.8. The van der Waals surface area contributed by atoms with Crippen molar-refractivity contribution in [3.8, 4) is 0 Å². The number of carbonyl (C=O) groups excluding carboxylic acids is 2. The Kier molecular flexibility index (Phi) is 9.61. The average molecular weight is 292 g/mol. The van der Waals surface area contributed by atoms with Crippen LogP contribution < -0.4 is 11.1 Å². The minimum Gasteiger partial charge on any atom is -0.354 e. The topological polar surface area (TPSA) is 75.4 Å². The first-order valence-electron chi connectivity index (χ1n) is 6.98. The Labute approximate surface area is 121 Å². The van der Waals surface area contributed by atoms with Gasteiger partial charge in [0.1, 0.15) is 6.04 Å². The van der Waals surface area contributed by atoms with Crippen LogP contribution in [0.2, 0.25) is 0 Å². The van der Waals surface area contributed by atoms with Gasteiger partial charge >= 0.3 is 0 Å². The molecule has 1 saturated heterocycles. The zero-order valence-electron chi connectivity index (χ0n) is 11.7. The molecule has 1 aliphatic heterocycles. The minimum atomic E-state index is -0.268. The van der Waals surface area contributed by atoms with Crippen molar-refractivity contribution >= 4 is 24.2 Å². The maximum atomic E-state index is 12.0. The molecule has 0 aromatic rings. The number of amides is 2. The van der Waals surface area contributed by atoms with Crippen LogP contribution in [-0.4, -0.2) is 42.4 Å². The van der Waals surface area contributed by atoms with E-state index in [1.807, 2.05) is 6.92 Å². The maximum absolute atomic E-state index is 12.0. The summed E-state index contributed by atoms with van der Waals surface area (Å²) in [6, 6.07) is -0.268. The number of carbonyl (C=O) groups is 2. The van der Waals surface area contributed by atoms with Crippen molar-refractivity contribution in [2.45, 2.75) is 51.5 Å². The van der Waals surface area contributed by atoms with Crippen molar-refractivity contribution in [1.82, 2.24) is 10.2 Å². The van der Waals surface area contributed by atoms with Crippen LogP contribution in [0.5, 0.6) is 0 Å². The van der Waals surface area contributed by atoms with E-state index < -0.39 is 0 Å². The average Bonchev–Trinajstić information content (AvgIpc) is 2.39. The molecule has 0 saturated carbocycles. The van der Waals surface area contributed by atoms with Crippen molar-refractivity contribution in [2.24, 2.45) is 5.73 Å². The van der Waals surface area contributed by atoms with E-state index in [0.717, 1.165) is 32.1 Å². The van der Waals surface area contributed by atoms with Gasteiger partial charge in [-0.05, 0) is 38.6 Å². The number of nitrogens with zero attached hydrogens (tertiary/aromatic N) is 1. The second-order valence-corrected chi connectivity index (χ2v) is 4.78. The van der Waals surface area contributed by atoms with E-state index in [2.05, 4.69) is 5.32 Å². The van der Waals surface area contributed by atoms with Crippen LogP contribution >= 0.6 is 12.4 Å². The molecule has 1 unspecified atom stereocenters. The highest BCUT2D eigenvalue weighted by molar-refractivity contribution is 5.87. The normalized spacial score (nSPS) is 18.6. The summed E-state index contributed by atoms with van der Waals surface area (Å²) in [7, 11) is 0. The fourth-order valence-corrected chi connectivity index (χ4v) is 2.29. The maximum Gasteiger partial charge on any atom is 0.242 e. The smallest absolute Gasteiger partial charge is 0.242 e. The number of halogens is 1. The molecule has 0 aliphatic carbocycles. The van der Waals surface area contributed by atoms with Gasteiger partial charge in [0, 0.05) is 19.5 Å². The van der Waals surface area contributed by atoms with Crippen molar-refractivity contribution in [3.63, 3.8) is 0 Å². The zero-order chi connectivity index (χ0) is 13.4. The highest BCUT2D eigenvalue weighted by Crippen LogP contribution is 2.18. The minimum absolute atomic E-state index is 0. The van der Waals surface area contributed by atoms with Gasteiger partial charge in [-0.15, -0.1) is 12.4 Å². The summed E-state index contributed by atoms with van der Waals surface area (Å²) in [5.41, 5.74) is 5.39. The van der Waals surface area contributed by atoms with E-state index in [4.69, 9.17) is 5.73 Å². The SMILES string of the molecule is CCCC(=O)N1CCCCC1C(=O)NCCCN.Cl. The van der Waals surface area contributed by atoms with Gasteiger partial charge in [-0.25, -0.2) is 0 Å². The van der Waals surface area contributed by atoms with Crippen molar-refractivity contribution in [1.29, 1.82) is 0 Å². The third-order valence-corrected chi connectivity index (χ3v) is 3.27. The molecular weight excluding hydrogens is 266 g/mol. The molecule has 3 N–H and O–H groups in total. The lowest BCUT2D eigenvalue weighted by Crippen LogP contribution is -2.52. The number of piperidine rings is 1. The van der Waals surface area contributed by atoms with E-state index in [1.165, 1.54) is 0 Å². The number of likely N-dealkylation sites (tertiary alicyclic amines) is 1. The van der Waals surface area contributed by atoms with Gasteiger partial charge in [-0.1, -0.05) is 6.92 Å². The lowest BCUT2D eigenvalue weighted by atomic mass is 10.0. The van der Waals surface area contributed by atoms with Gasteiger partial charge in [0.15, 0.2) is 0 Å². The van der Waals surface area contributed by atoms with Crippen molar-refractivity contribution in [3.05, 3.63) is 0 Å². The van der Waals surface area contributed by atoms with Crippen LogP contribution in [0.15, 0.2) is 0 Å². The summed E-state index contributed by atoms with van der Waals surface area (Å²) in [5.74, 6) is 0.0868. The van der Waals surface area contributed by atoms with E-state index in [9.17, 15) is 9.59 Å². The Morgan fingerprint density at radius 2 is 2.11 bits per heavy atom. The number of nitrogens with one attached hydrogen (secondary N) is 1. The molecule has 0 radical (unpaired) electrons. The molecule has 2 amide bonds. The Morgan fingerprint density at radius 1 is 1.37 bits per heavy atom. The molecule has 1 aliphatic rings. The first-order chi connectivity index (χ1) is 8.70. The Bertz CT molecular complexity index is 287. The molecule has 0 spiro atoms. The van der Waals surface area contributed by atoms with Gasteiger partial charge in [-0.2, -0.15) is 0 Å². The molecule has 0 bridgehead atoms. The number of hydrogen-bond acceptors (Lipinski definition) is 3. The van der Waals surface area contributed by atoms with Crippen LogP contribution in [0.25, 0.3) is 0 Å². The molecule has 6 heteroatoms. The van der Waals surface area contributed by atoms with Gasteiger partial charge in [0.2, 0.25) is 11.8 Å². The fraction of sp³-hybridized carbons (Fsp3) is 0.846. The third kappa shape index (κ3) is 5.78. The van der Waals surface area contributed by atoms with Crippen LogP contribution in [0.3, 0.4) is 0 Å². The zero-order valence-corrected chi connectivity index (χ0v) is 12.5. The van der Waals surface area contributed by atoms with Crippen LogP contribution in [-0.2, 0) is 9.59 Å². The summed E-state index contributed by atoms with van der Waals surface area (Å²) < 4.78 is 0. The monoisotopic (exact) mass is 291 g/mol. The second-order valence-electron chi connectivity index (χ2n) is 4.78. The molecular formula is C13H26ClN3O2. The number of nitrogens with two attached hydrogens (primary N) is 1. The lowest BCUT2D eigenvalue weighted by Gasteiger charge is -2.34. The quantitative estimate of drug-likeness (QED) is 0.719. The summed E-state index contributed by atoms with van der Waals surface area (Å²) in [6.45, 7) is 3.87. The molecule has 1 atom stereocenters. The van der Waals surface area contributed by atoms with Crippen molar-refractivity contribution in [2.75, 3.05) is 19.6 Å². The van der Waals surface area contributed by atoms with E-state index in [0.29, 0.717) is 26.1 Å². The molecule has 0 aromatic heterocycles. The Hall–Kier alpha value is -0.810. The first-order valence-corrected chi connectivity index (χ1v) is 6.98. The third-order valence-electron chi connectivity index (χ3n) is 3.27. The van der Waals surface area contributed by atoms with Crippen LogP contribution in [0, 0.1) is 0 Å². The highest BCUT2D eigenvalue weighted by atomic mass is 35.5. The molecule has 112 valence electrons. The van der Waals surface area contributed by atoms with E-state index in [1.54, 1.807) is 4.90 Å². The summed E-state index contributed by atoms with van der Waals surface area (Å²) >= 11 is 0. The fourth-order valence-electron chi connectivity index (χ4n) is 2.29.